The topological polar surface area (TPSA) is 57.0 Å². The third-order valence-corrected chi connectivity index (χ3v) is 12.1. The van der Waals surface area contributed by atoms with E-state index in [0.29, 0.717) is 12.5 Å². The number of carbonyl (C=O) groups excluding carboxylic acids is 1. The summed E-state index contributed by atoms with van der Waals surface area (Å²) in [4.78, 5) is 11.1. The van der Waals surface area contributed by atoms with Gasteiger partial charge in [0.1, 0.15) is 12.1 Å². The van der Waals surface area contributed by atoms with Crippen molar-refractivity contribution in [1.82, 2.24) is 14.8 Å². The lowest BCUT2D eigenvalue weighted by molar-refractivity contribution is -0.111. The molecular weight excluding hydrogens is 426 g/mol. The molecule has 6 heteroatoms. The number of rotatable bonds is 7. The molecule has 1 aromatic heterocycles. The molecule has 0 spiro atoms. The van der Waals surface area contributed by atoms with Crippen LogP contribution >= 0.6 is 0 Å². The Kier molecular flexibility index (Phi) is 6.96. The molecule has 1 aliphatic carbocycles. The molecule has 3 aromatic rings. The number of aldehydes is 1. The highest BCUT2D eigenvalue weighted by molar-refractivity contribution is 6.99. The molecule has 4 rings (SSSR count). The minimum atomic E-state index is -2.62. The van der Waals surface area contributed by atoms with Crippen molar-refractivity contribution in [3.05, 3.63) is 72.3 Å². The maximum Gasteiger partial charge on any atom is 0.261 e. The summed E-state index contributed by atoms with van der Waals surface area (Å²) in [7, 11) is -0.572. The number of nitrogens with zero attached hydrogens (tertiary/aromatic N) is 3. The standard InChI is InChI=1S/C27H35N3O2Si/c1-27(2,3)33(23-11-7-5-8-12-23,24-13-9-6-10-14-24)32-20-25-28-29-26(30(25)4)22-17-15-21(19-31)16-18-22/h5-14,19,21-22H,15-18,20H2,1-4H3. The molecule has 0 saturated heterocycles. The van der Waals surface area contributed by atoms with E-state index in [1.54, 1.807) is 0 Å². The number of aromatic nitrogens is 3. The first-order chi connectivity index (χ1) is 15.9. The third-order valence-electron chi connectivity index (χ3n) is 7.16. The Morgan fingerprint density at radius 1 is 0.939 bits per heavy atom. The van der Waals surface area contributed by atoms with Crippen LogP contribution in [0.5, 0.6) is 0 Å². The van der Waals surface area contributed by atoms with Crippen LogP contribution < -0.4 is 10.4 Å². The predicted octanol–water partition coefficient (Wildman–Crippen LogP) is 4.36. The Bertz CT molecular complexity index is 1010. The minimum absolute atomic E-state index is 0.0790. The van der Waals surface area contributed by atoms with Gasteiger partial charge in [0.05, 0.1) is 6.61 Å². The zero-order valence-electron chi connectivity index (χ0n) is 20.2. The molecule has 0 bridgehead atoms. The second-order valence-corrected chi connectivity index (χ2v) is 14.5. The summed E-state index contributed by atoms with van der Waals surface area (Å²) in [5.74, 6) is 2.43. The van der Waals surface area contributed by atoms with Gasteiger partial charge in [0.15, 0.2) is 5.82 Å². The van der Waals surface area contributed by atoms with Crippen molar-refractivity contribution in [2.24, 2.45) is 13.0 Å². The fourth-order valence-electron chi connectivity index (χ4n) is 5.30. The first-order valence-electron chi connectivity index (χ1n) is 12.0. The van der Waals surface area contributed by atoms with Crippen molar-refractivity contribution < 1.29 is 9.22 Å². The smallest absolute Gasteiger partial charge is 0.261 e. The van der Waals surface area contributed by atoms with Crippen molar-refractivity contribution in [1.29, 1.82) is 0 Å². The zero-order chi connectivity index (χ0) is 23.5. The van der Waals surface area contributed by atoms with E-state index in [0.717, 1.165) is 43.6 Å². The average Bonchev–Trinajstić information content (AvgIpc) is 3.20. The molecule has 33 heavy (non-hydrogen) atoms. The number of benzene rings is 2. The number of carbonyl (C=O) groups is 1. The summed E-state index contributed by atoms with van der Waals surface area (Å²) < 4.78 is 9.15. The van der Waals surface area contributed by atoms with Crippen LogP contribution in [0.25, 0.3) is 0 Å². The molecule has 0 N–H and O–H groups in total. The van der Waals surface area contributed by atoms with Crippen molar-refractivity contribution in [2.45, 2.75) is 64.0 Å². The fraction of sp³-hybridized carbons (Fsp3) is 0.444. The van der Waals surface area contributed by atoms with Crippen LogP contribution in [0, 0.1) is 5.92 Å². The third kappa shape index (κ3) is 4.59. The molecule has 174 valence electrons. The number of hydrogen-bond acceptors (Lipinski definition) is 4. The van der Waals surface area contributed by atoms with Crippen molar-refractivity contribution >= 4 is 25.0 Å². The zero-order valence-corrected chi connectivity index (χ0v) is 21.2. The van der Waals surface area contributed by atoms with Crippen molar-refractivity contribution in [3.63, 3.8) is 0 Å². The van der Waals surface area contributed by atoms with E-state index >= 15 is 0 Å². The lowest BCUT2D eigenvalue weighted by atomic mass is 9.82. The lowest BCUT2D eigenvalue weighted by Crippen LogP contribution is -2.66. The van der Waals surface area contributed by atoms with E-state index in [9.17, 15) is 4.79 Å². The second-order valence-electron chi connectivity index (χ2n) is 10.2. The van der Waals surface area contributed by atoms with Crippen LogP contribution in [0.1, 0.15) is 64.0 Å². The molecule has 5 nitrogen and oxygen atoms in total. The SMILES string of the molecule is Cn1c(CO[Si](c2ccccc2)(c2ccccc2)C(C)(C)C)nnc1C1CCC(C=O)CC1. The van der Waals surface area contributed by atoms with Gasteiger partial charge in [-0.2, -0.15) is 0 Å². The predicted molar refractivity (Wildman–Crippen MR) is 134 cm³/mol. The van der Waals surface area contributed by atoms with Gasteiger partial charge in [0.2, 0.25) is 0 Å². The maximum atomic E-state index is 11.1. The molecule has 1 saturated carbocycles. The van der Waals surface area contributed by atoms with Gasteiger partial charge < -0.3 is 13.8 Å². The van der Waals surface area contributed by atoms with E-state index in [1.165, 1.54) is 10.4 Å². The van der Waals surface area contributed by atoms with Crippen molar-refractivity contribution in [3.8, 4) is 0 Å². The van der Waals surface area contributed by atoms with Crippen LogP contribution in [-0.4, -0.2) is 29.4 Å². The molecule has 1 aliphatic rings. The Balaban J connectivity index is 1.65. The number of hydrogen-bond donors (Lipinski definition) is 0. The van der Waals surface area contributed by atoms with Crippen LogP contribution in [0.2, 0.25) is 5.04 Å². The maximum absolute atomic E-state index is 11.1. The largest absolute Gasteiger partial charge is 0.400 e. The van der Waals surface area contributed by atoms with Gasteiger partial charge in [-0.3, -0.25) is 0 Å². The van der Waals surface area contributed by atoms with Gasteiger partial charge in [0.25, 0.3) is 8.32 Å². The minimum Gasteiger partial charge on any atom is -0.400 e. The van der Waals surface area contributed by atoms with Crippen LogP contribution in [0.3, 0.4) is 0 Å². The van der Waals surface area contributed by atoms with E-state index in [4.69, 9.17) is 4.43 Å². The molecule has 0 unspecified atom stereocenters. The van der Waals surface area contributed by atoms with Gasteiger partial charge in [-0.25, -0.2) is 0 Å². The summed E-state index contributed by atoms with van der Waals surface area (Å²) in [6.07, 6.45) is 4.97. The lowest BCUT2D eigenvalue weighted by Gasteiger charge is -2.42. The molecule has 1 heterocycles. The molecule has 1 fully saturated rings. The molecule has 0 radical (unpaired) electrons. The summed E-state index contributed by atoms with van der Waals surface area (Å²) in [5, 5.41) is 11.5. The van der Waals surface area contributed by atoms with E-state index in [-0.39, 0.29) is 11.0 Å². The average molecular weight is 462 g/mol. The van der Waals surface area contributed by atoms with Gasteiger partial charge in [-0.1, -0.05) is 81.4 Å². The molecule has 0 atom stereocenters. The first kappa shape index (κ1) is 23.6. The van der Waals surface area contributed by atoms with E-state index in [2.05, 4.69) is 96.2 Å². The summed E-state index contributed by atoms with van der Waals surface area (Å²) >= 11 is 0. The fourth-order valence-corrected chi connectivity index (χ4v) is 9.81. The molecule has 0 aliphatic heterocycles. The van der Waals surface area contributed by atoms with Gasteiger partial charge in [-0.05, 0) is 41.1 Å². The Labute approximate surface area is 198 Å². The van der Waals surface area contributed by atoms with Crippen LogP contribution in [0.4, 0.5) is 0 Å². The summed E-state index contributed by atoms with van der Waals surface area (Å²) in [6.45, 7) is 7.27. The molecule has 2 aromatic carbocycles. The summed E-state index contributed by atoms with van der Waals surface area (Å²) in [6, 6.07) is 21.4. The first-order valence-corrected chi connectivity index (χ1v) is 13.9. The monoisotopic (exact) mass is 461 g/mol. The Hall–Kier alpha value is -2.57. The quantitative estimate of drug-likeness (QED) is 0.387. The van der Waals surface area contributed by atoms with E-state index < -0.39 is 8.32 Å². The molecular formula is C27H35N3O2Si. The van der Waals surface area contributed by atoms with Gasteiger partial charge in [-0.15, -0.1) is 10.2 Å². The Morgan fingerprint density at radius 2 is 1.48 bits per heavy atom. The van der Waals surface area contributed by atoms with Gasteiger partial charge >= 0.3 is 0 Å². The van der Waals surface area contributed by atoms with Crippen molar-refractivity contribution in [2.75, 3.05) is 0 Å². The summed E-state index contributed by atoms with van der Waals surface area (Å²) in [5.41, 5.74) is 0. The van der Waals surface area contributed by atoms with E-state index in [1.807, 2.05) is 7.05 Å². The highest BCUT2D eigenvalue weighted by atomic mass is 28.4. The van der Waals surface area contributed by atoms with Crippen LogP contribution in [0.15, 0.2) is 60.7 Å². The normalized spacial score (nSPS) is 19.4. The highest BCUT2D eigenvalue weighted by Gasteiger charge is 2.50. The molecule has 0 amide bonds. The highest BCUT2D eigenvalue weighted by Crippen LogP contribution is 2.38. The Morgan fingerprint density at radius 3 is 1.97 bits per heavy atom. The second kappa shape index (κ2) is 9.73. The van der Waals surface area contributed by atoms with Crippen LogP contribution in [-0.2, 0) is 22.9 Å². The van der Waals surface area contributed by atoms with Gasteiger partial charge in [0, 0.05) is 18.9 Å².